The number of carbonyl (C=O) groups is 4. The van der Waals surface area contributed by atoms with Crippen LogP contribution in [0.25, 0.3) is 0 Å². The van der Waals surface area contributed by atoms with Gasteiger partial charge in [0, 0.05) is 12.1 Å². The van der Waals surface area contributed by atoms with Gasteiger partial charge in [-0.25, -0.2) is 4.79 Å². The summed E-state index contributed by atoms with van der Waals surface area (Å²) in [4.78, 5) is 53.0. The first-order chi connectivity index (χ1) is 17.0. The van der Waals surface area contributed by atoms with E-state index in [1.54, 1.807) is 48.5 Å². The highest BCUT2D eigenvalue weighted by Crippen LogP contribution is 2.32. The Bertz CT molecular complexity index is 964. The maximum absolute atomic E-state index is 13.8. The molecule has 0 saturated carbocycles. The number of rotatable bonds is 10. The molecule has 0 aromatic heterocycles. The van der Waals surface area contributed by atoms with E-state index in [2.05, 4.69) is 10.6 Å². The minimum atomic E-state index is -1.35. The average molecular weight is 522 g/mol. The molecule has 208 valence electrons. The van der Waals surface area contributed by atoms with Crippen molar-refractivity contribution in [3.05, 3.63) is 34.9 Å². The molecule has 37 heavy (non-hydrogen) atoms. The molecule has 0 heterocycles. The normalized spacial score (nSPS) is 13.2. The number of benzene rings is 1. The van der Waals surface area contributed by atoms with Crippen molar-refractivity contribution in [2.45, 2.75) is 92.0 Å². The first kappa shape index (κ1) is 31.9. The summed E-state index contributed by atoms with van der Waals surface area (Å²) in [7, 11) is 0. The number of hydrogen-bond acceptors (Lipinski definition) is 7. The van der Waals surface area contributed by atoms with Crippen LogP contribution in [0.1, 0.15) is 77.6 Å². The third-order valence-corrected chi connectivity index (χ3v) is 5.30. The van der Waals surface area contributed by atoms with Gasteiger partial charge >= 0.3 is 12.1 Å². The Labute approximate surface area is 220 Å². The number of nitrogens with one attached hydrogen (secondary N) is 2. The molecule has 1 rings (SSSR count). The molecule has 0 radical (unpaired) electrons. The molecule has 1 aromatic carbocycles. The number of aryl methyl sites for hydroxylation is 2. The van der Waals surface area contributed by atoms with E-state index in [-0.39, 0.29) is 19.6 Å². The number of esters is 1. The van der Waals surface area contributed by atoms with Gasteiger partial charge in [-0.1, -0.05) is 23.8 Å². The smallest absolute Gasteiger partial charge is 0.408 e. The van der Waals surface area contributed by atoms with Crippen molar-refractivity contribution in [3.8, 4) is 0 Å². The summed E-state index contributed by atoms with van der Waals surface area (Å²) in [6.07, 6.45) is -0.891. The molecule has 2 unspecified atom stereocenters. The minimum Gasteiger partial charge on any atom is -0.466 e. The first-order valence-corrected chi connectivity index (χ1v) is 12.5. The van der Waals surface area contributed by atoms with Crippen molar-refractivity contribution in [3.63, 3.8) is 0 Å². The van der Waals surface area contributed by atoms with Crippen LogP contribution in [0.3, 0.4) is 0 Å². The van der Waals surface area contributed by atoms with E-state index in [0.717, 1.165) is 11.1 Å². The first-order valence-electron chi connectivity index (χ1n) is 12.5. The van der Waals surface area contributed by atoms with Gasteiger partial charge in [-0.3, -0.25) is 14.4 Å². The van der Waals surface area contributed by atoms with Crippen LogP contribution in [0.15, 0.2) is 18.2 Å². The second-order valence-electron chi connectivity index (χ2n) is 10.9. The van der Waals surface area contributed by atoms with Crippen molar-refractivity contribution >= 4 is 23.9 Å². The number of aliphatic hydroxyl groups excluding tert-OH is 1. The Morgan fingerprint density at radius 1 is 1.05 bits per heavy atom. The highest BCUT2D eigenvalue weighted by atomic mass is 16.6. The van der Waals surface area contributed by atoms with Gasteiger partial charge in [0.15, 0.2) is 0 Å². The van der Waals surface area contributed by atoms with Gasteiger partial charge in [0.05, 0.1) is 19.6 Å². The zero-order valence-electron chi connectivity index (χ0n) is 23.6. The van der Waals surface area contributed by atoms with Crippen LogP contribution < -0.4 is 10.6 Å². The molecular formula is C27H43N3O7. The topological polar surface area (TPSA) is 134 Å². The molecule has 1 aromatic rings. The quantitative estimate of drug-likeness (QED) is 0.403. The number of carbonyl (C=O) groups excluding carboxylic acids is 4. The van der Waals surface area contributed by atoms with E-state index in [9.17, 15) is 24.3 Å². The predicted octanol–water partition coefficient (Wildman–Crippen LogP) is 2.93. The van der Waals surface area contributed by atoms with Gasteiger partial charge in [-0.2, -0.15) is 0 Å². The SMILES string of the molecule is CCOC(=O)CCNC(=O)C(c1cc(C)ccc1C)N(C(=O)C(CO)NC(=O)OC(C)(C)C)C(C)(C)C. The van der Waals surface area contributed by atoms with E-state index < -0.39 is 53.7 Å². The molecule has 10 heteroatoms. The predicted molar refractivity (Wildman–Crippen MR) is 140 cm³/mol. The number of alkyl carbamates (subject to hydrolysis) is 1. The van der Waals surface area contributed by atoms with E-state index in [1.165, 1.54) is 4.90 Å². The zero-order chi connectivity index (χ0) is 28.6. The number of aliphatic hydroxyl groups is 1. The lowest BCUT2D eigenvalue weighted by atomic mass is 9.92. The standard InChI is InChI=1S/C27H43N3O7/c1-10-36-21(32)13-14-28-23(33)22(19-15-17(2)11-12-18(19)3)30(26(4,5)6)24(34)20(16-31)29-25(35)37-27(7,8)9/h11-12,15,20,22,31H,10,13-14,16H2,1-9H3,(H,28,33)(H,29,35). The van der Waals surface area contributed by atoms with Crippen molar-refractivity contribution < 1.29 is 33.8 Å². The third kappa shape index (κ3) is 10.0. The van der Waals surface area contributed by atoms with E-state index >= 15 is 0 Å². The van der Waals surface area contributed by atoms with Crippen LogP contribution in [0, 0.1) is 13.8 Å². The highest BCUT2D eigenvalue weighted by molar-refractivity contribution is 5.93. The Kier molecular flexibility index (Phi) is 11.6. The average Bonchev–Trinajstić information content (AvgIpc) is 2.75. The van der Waals surface area contributed by atoms with Gasteiger partial charge in [-0.05, 0) is 73.4 Å². The monoisotopic (exact) mass is 521 g/mol. The van der Waals surface area contributed by atoms with Gasteiger partial charge in [-0.15, -0.1) is 0 Å². The Morgan fingerprint density at radius 3 is 2.19 bits per heavy atom. The van der Waals surface area contributed by atoms with E-state index in [1.807, 2.05) is 32.0 Å². The summed E-state index contributed by atoms with van der Waals surface area (Å²) in [5, 5.41) is 15.2. The fraction of sp³-hybridized carbons (Fsp3) is 0.630. The van der Waals surface area contributed by atoms with Crippen molar-refractivity contribution in [1.82, 2.24) is 15.5 Å². The van der Waals surface area contributed by atoms with Crippen molar-refractivity contribution in [2.24, 2.45) is 0 Å². The summed E-state index contributed by atoms with van der Waals surface area (Å²) in [5.41, 5.74) is 0.539. The van der Waals surface area contributed by atoms with Crippen molar-refractivity contribution in [1.29, 1.82) is 0 Å². The molecule has 0 aliphatic heterocycles. The Hall–Kier alpha value is -3.14. The molecule has 0 aliphatic rings. The van der Waals surface area contributed by atoms with Crippen LogP contribution in [0.4, 0.5) is 4.79 Å². The molecule has 0 aliphatic carbocycles. The maximum Gasteiger partial charge on any atom is 0.408 e. The minimum absolute atomic E-state index is 0.0186. The molecule has 3 N–H and O–H groups in total. The number of ether oxygens (including phenoxy) is 2. The van der Waals surface area contributed by atoms with Crippen LogP contribution in [-0.2, 0) is 23.9 Å². The Balaban J connectivity index is 3.46. The molecule has 0 bridgehead atoms. The zero-order valence-corrected chi connectivity index (χ0v) is 23.6. The summed E-state index contributed by atoms with van der Waals surface area (Å²) < 4.78 is 10.2. The Morgan fingerprint density at radius 2 is 1.68 bits per heavy atom. The largest absolute Gasteiger partial charge is 0.466 e. The lowest BCUT2D eigenvalue weighted by molar-refractivity contribution is -0.149. The molecule has 0 spiro atoms. The number of hydrogen-bond donors (Lipinski definition) is 3. The third-order valence-electron chi connectivity index (χ3n) is 5.30. The lowest BCUT2D eigenvalue weighted by Crippen LogP contribution is -2.59. The van der Waals surface area contributed by atoms with Crippen LogP contribution in [0.5, 0.6) is 0 Å². The van der Waals surface area contributed by atoms with E-state index in [0.29, 0.717) is 5.56 Å². The number of amides is 3. The number of nitrogens with zero attached hydrogens (tertiary/aromatic N) is 1. The molecular weight excluding hydrogens is 478 g/mol. The second kappa shape index (κ2) is 13.4. The van der Waals surface area contributed by atoms with E-state index in [4.69, 9.17) is 9.47 Å². The van der Waals surface area contributed by atoms with Crippen LogP contribution in [0.2, 0.25) is 0 Å². The summed E-state index contributed by atoms with van der Waals surface area (Å²) in [5.74, 6) is -1.61. The van der Waals surface area contributed by atoms with Gasteiger partial charge in [0.1, 0.15) is 17.7 Å². The lowest BCUT2D eigenvalue weighted by Gasteiger charge is -2.43. The summed E-state index contributed by atoms with van der Waals surface area (Å²) in [6, 6.07) is 3.13. The molecule has 0 fully saturated rings. The van der Waals surface area contributed by atoms with Crippen LogP contribution >= 0.6 is 0 Å². The summed E-state index contributed by atoms with van der Waals surface area (Å²) in [6.45, 7) is 15.3. The molecule has 3 amide bonds. The van der Waals surface area contributed by atoms with Crippen molar-refractivity contribution in [2.75, 3.05) is 19.8 Å². The fourth-order valence-electron chi connectivity index (χ4n) is 3.72. The van der Waals surface area contributed by atoms with Gasteiger partial charge in [0.2, 0.25) is 11.8 Å². The molecule has 0 saturated heterocycles. The maximum atomic E-state index is 13.8. The fourth-order valence-corrected chi connectivity index (χ4v) is 3.72. The molecule has 10 nitrogen and oxygen atoms in total. The second-order valence-corrected chi connectivity index (χ2v) is 10.9. The highest BCUT2D eigenvalue weighted by Gasteiger charge is 2.42. The summed E-state index contributed by atoms with van der Waals surface area (Å²) >= 11 is 0. The van der Waals surface area contributed by atoms with Crippen LogP contribution in [-0.4, -0.2) is 70.8 Å². The van der Waals surface area contributed by atoms with Gasteiger partial charge in [0.25, 0.3) is 0 Å². The van der Waals surface area contributed by atoms with Gasteiger partial charge < -0.3 is 30.1 Å². The molecule has 2 atom stereocenters.